The molecule has 1 aliphatic rings. The highest BCUT2D eigenvalue weighted by Crippen LogP contribution is 2.34. The summed E-state index contributed by atoms with van der Waals surface area (Å²) in [5.41, 5.74) is 2.93. The molecule has 154 valence electrons. The Bertz CT molecular complexity index is 469. The van der Waals surface area contributed by atoms with Gasteiger partial charge < -0.3 is 5.11 Å². The summed E-state index contributed by atoms with van der Waals surface area (Å²) in [7, 11) is 0. The Morgan fingerprint density at radius 1 is 0.852 bits per heavy atom. The van der Waals surface area contributed by atoms with E-state index in [-0.39, 0.29) is 0 Å². The van der Waals surface area contributed by atoms with Crippen LogP contribution in [-0.4, -0.2) is 11.7 Å². The van der Waals surface area contributed by atoms with E-state index < -0.39 is 0 Å². The van der Waals surface area contributed by atoms with E-state index in [9.17, 15) is 0 Å². The zero-order chi connectivity index (χ0) is 19.3. The summed E-state index contributed by atoms with van der Waals surface area (Å²) in [6.07, 6.45) is 19.2. The Kier molecular flexibility index (Phi) is 11.1. The van der Waals surface area contributed by atoms with Crippen molar-refractivity contribution in [3.05, 3.63) is 35.4 Å². The molecular formula is C26H44O. The van der Waals surface area contributed by atoms with Crippen LogP contribution in [-0.2, 0) is 6.42 Å². The van der Waals surface area contributed by atoms with Crippen LogP contribution in [0.3, 0.4) is 0 Å². The average Bonchev–Trinajstić information content (AvgIpc) is 2.71. The lowest BCUT2D eigenvalue weighted by atomic mass is 9.77. The normalized spacial score (nSPS) is 21.3. The van der Waals surface area contributed by atoms with Crippen LogP contribution in [0.15, 0.2) is 24.3 Å². The summed E-state index contributed by atoms with van der Waals surface area (Å²) in [4.78, 5) is 0. The number of hydrogen-bond acceptors (Lipinski definition) is 1. The van der Waals surface area contributed by atoms with Crippen molar-refractivity contribution in [2.45, 2.75) is 110 Å². The standard InChI is InChI=1S/C26H44O/c1-3-4-5-6-7-10-23-11-13-24(14-12-23)15-16-25-17-19-26(20-18-25)22(2)9-8-21-27/h17-20,22-24,27H,3-16,21H2,1-2H3. The summed E-state index contributed by atoms with van der Waals surface area (Å²) in [5, 5.41) is 8.99. The van der Waals surface area contributed by atoms with E-state index in [2.05, 4.69) is 38.1 Å². The first-order valence-electron chi connectivity index (χ1n) is 11.9. The highest BCUT2D eigenvalue weighted by atomic mass is 16.2. The molecule has 0 saturated heterocycles. The molecule has 1 N–H and O–H groups in total. The molecule has 1 saturated carbocycles. The van der Waals surface area contributed by atoms with Gasteiger partial charge in [-0.15, -0.1) is 0 Å². The van der Waals surface area contributed by atoms with Crippen LogP contribution in [0.4, 0.5) is 0 Å². The zero-order valence-electron chi connectivity index (χ0n) is 18.1. The molecule has 1 aliphatic carbocycles. The molecule has 1 fully saturated rings. The van der Waals surface area contributed by atoms with Crippen molar-refractivity contribution < 1.29 is 5.11 Å². The van der Waals surface area contributed by atoms with Crippen LogP contribution in [0.2, 0.25) is 0 Å². The minimum Gasteiger partial charge on any atom is -0.396 e. The number of aryl methyl sites for hydroxylation is 1. The van der Waals surface area contributed by atoms with Crippen LogP contribution in [0.25, 0.3) is 0 Å². The van der Waals surface area contributed by atoms with Crippen LogP contribution >= 0.6 is 0 Å². The number of hydrogen-bond donors (Lipinski definition) is 1. The minimum absolute atomic E-state index is 0.309. The molecule has 27 heavy (non-hydrogen) atoms. The summed E-state index contributed by atoms with van der Waals surface area (Å²) in [5.74, 6) is 2.55. The fourth-order valence-electron chi connectivity index (χ4n) is 4.79. The highest BCUT2D eigenvalue weighted by Gasteiger charge is 2.20. The third kappa shape index (κ3) is 8.81. The largest absolute Gasteiger partial charge is 0.396 e. The summed E-state index contributed by atoms with van der Waals surface area (Å²) in [6.45, 7) is 4.88. The maximum absolute atomic E-state index is 8.99. The predicted molar refractivity (Wildman–Crippen MR) is 118 cm³/mol. The fourth-order valence-corrected chi connectivity index (χ4v) is 4.79. The molecule has 1 nitrogen and oxygen atoms in total. The van der Waals surface area contributed by atoms with Crippen molar-refractivity contribution in [2.24, 2.45) is 11.8 Å². The number of aliphatic hydroxyl groups is 1. The Morgan fingerprint density at radius 2 is 1.48 bits per heavy atom. The monoisotopic (exact) mass is 372 g/mol. The van der Waals surface area contributed by atoms with E-state index in [0.29, 0.717) is 12.5 Å². The van der Waals surface area contributed by atoms with E-state index in [1.807, 2.05) is 0 Å². The van der Waals surface area contributed by atoms with E-state index in [1.54, 1.807) is 0 Å². The van der Waals surface area contributed by atoms with Crippen molar-refractivity contribution in [3.63, 3.8) is 0 Å². The second-order valence-electron chi connectivity index (χ2n) is 9.14. The Hall–Kier alpha value is -0.820. The molecule has 2 rings (SSSR count). The lowest BCUT2D eigenvalue weighted by Gasteiger charge is -2.28. The second-order valence-corrected chi connectivity index (χ2v) is 9.14. The van der Waals surface area contributed by atoms with Gasteiger partial charge in [-0.3, -0.25) is 0 Å². The Labute approximate surface area is 169 Å². The van der Waals surface area contributed by atoms with Gasteiger partial charge >= 0.3 is 0 Å². The number of unbranched alkanes of at least 4 members (excludes halogenated alkanes) is 4. The molecule has 0 amide bonds. The molecule has 0 spiro atoms. The van der Waals surface area contributed by atoms with Crippen LogP contribution in [0.5, 0.6) is 0 Å². The number of rotatable bonds is 13. The molecule has 1 aromatic rings. The smallest absolute Gasteiger partial charge is 0.0431 e. The van der Waals surface area contributed by atoms with Crippen molar-refractivity contribution in [2.75, 3.05) is 6.61 Å². The SMILES string of the molecule is CCCCCCCC1CCC(CCc2ccc(C(C)CCCO)cc2)CC1. The maximum atomic E-state index is 8.99. The van der Waals surface area contributed by atoms with Gasteiger partial charge in [-0.1, -0.05) is 102 Å². The first kappa shape index (κ1) is 22.5. The topological polar surface area (TPSA) is 20.2 Å². The third-order valence-corrected chi connectivity index (χ3v) is 6.87. The van der Waals surface area contributed by atoms with Crippen LogP contribution < -0.4 is 0 Å². The number of benzene rings is 1. The molecule has 1 heteroatoms. The van der Waals surface area contributed by atoms with Crippen molar-refractivity contribution in [3.8, 4) is 0 Å². The molecule has 1 aromatic carbocycles. The van der Waals surface area contributed by atoms with E-state index in [1.165, 1.54) is 88.2 Å². The third-order valence-electron chi connectivity index (χ3n) is 6.87. The van der Waals surface area contributed by atoms with Gasteiger partial charge in [-0.25, -0.2) is 0 Å². The summed E-state index contributed by atoms with van der Waals surface area (Å²) in [6, 6.07) is 9.30. The van der Waals surface area contributed by atoms with Gasteiger partial charge in [0.2, 0.25) is 0 Å². The van der Waals surface area contributed by atoms with Gasteiger partial charge in [0, 0.05) is 6.61 Å². The second kappa shape index (κ2) is 13.4. The first-order valence-corrected chi connectivity index (χ1v) is 11.9. The van der Waals surface area contributed by atoms with Crippen LogP contribution in [0.1, 0.15) is 114 Å². The lowest BCUT2D eigenvalue weighted by Crippen LogP contribution is -2.15. The van der Waals surface area contributed by atoms with E-state index in [0.717, 1.165) is 24.7 Å². The van der Waals surface area contributed by atoms with Crippen molar-refractivity contribution in [1.82, 2.24) is 0 Å². The fraction of sp³-hybridized carbons (Fsp3) is 0.769. The van der Waals surface area contributed by atoms with Crippen LogP contribution in [0, 0.1) is 11.8 Å². The van der Waals surface area contributed by atoms with Crippen molar-refractivity contribution >= 4 is 0 Å². The van der Waals surface area contributed by atoms with E-state index >= 15 is 0 Å². The minimum atomic E-state index is 0.309. The predicted octanol–water partition coefficient (Wildman–Crippen LogP) is 7.66. The van der Waals surface area contributed by atoms with Gasteiger partial charge in [0.05, 0.1) is 0 Å². The highest BCUT2D eigenvalue weighted by molar-refractivity contribution is 5.25. The Balaban J connectivity index is 1.61. The molecule has 0 radical (unpaired) electrons. The zero-order valence-corrected chi connectivity index (χ0v) is 18.1. The quantitative estimate of drug-likeness (QED) is 0.352. The van der Waals surface area contributed by atoms with Gasteiger partial charge in [-0.2, -0.15) is 0 Å². The first-order chi connectivity index (χ1) is 13.2. The van der Waals surface area contributed by atoms with Gasteiger partial charge in [0.15, 0.2) is 0 Å². The van der Waals surface area contributed by atoms with Gasteiger partial charge in [0.25, 0.3) is 0 Å². The van der Waals surface area contributed by atoms with Crippen molar-refractivity contribution in [1.29, 1.82) is 0 Å². The lowest BCUT2D eigenvalue weighted by molar-refractivity contribution is 0.248. The summed E-state index contributed by atoms with van der Waals surface area (Å²) < 4.78 is 0. The molecule has 0 aliphatic heterocycles. The number of aliphatic hydroxyl groups excluding tert-OH is 1. The molecule has 0 bridgehead atoms. The molecule has 1 unspecified atom stereocenters. The van der Waals surface area contributed by atoms with E-state index in [4.69, 9.17) is 5.11 Å². The van der Waals surface area contributed by atoms with Gasteiger partial charge in [0.1, 0.15) is 0 Å². The maximum Gasteiger partial charge on any atom is 0.0431 e. The average molecular weight is 373 g/mol. The Morgan fingerprint density at radius 3 is 2.11 bits per heavy atom. The molecule has 1 atom stereocenters. The summed E-state index contributed by atoms with van der Waals surface area (Å²) >= 11 is 0. The molecule has 0 aromatic heterocycles. The molecule has 0 heterocycles. The molecular weight excluding hydrogens is 328 g/mol. The van der Waals surface area contributed by atoms with Gasteiger partial charge in [-0.05, 0) is 54.6 Å².